The molecule has 1 aromatic carbocycles. The molecular weight excluding hydrogens is 233 g/mol. The lowest BCUT2D eigenvalue weighted by atomic mass is 10.0. The topological polar surface area (TPSA) is 60.9 Å². The first-order chi connectivity index (χ1) is 8.56. The zero-order chi connectivity index (χ0) is 13.3. The number of rotatable bonds is 3. The van der Waals surface area contributed by atoms with Gasteiger partial charge in [0.1, 0.15) is 11.6 Å². The molecular formula is C13H14FN3O. The van der Waals surface area contributed by atoms with Crippen LogP contribution < -0.4 is 5.73 Å². The fourth-order valence-electron chi connectivity index (χ4n) is 1.87. The van der Waals surface area contributed by atoms with Gasteiger partial charge in [-0.1, -0.05) is 19.1 Å². The van der Waals surface area contributed by atoms with Gasteiger partial charge in [-0.3, -0.25) is 9.48 Å². The summed E-state index contributed by atoms with van der Waals surface area (Å²) in [6.07, 6.45) is 0.570. The third-order valence-electron chi connectivity index (χ3n) is 2.84. The van der Waals surface area contributed by atoms with Gasteiger partial charge in [-0.2, -0.15) is 5.10 Å². The molecule has 2 aromatic rings. The number of halogens is 1. The Hall–Kier alpha value is -2.17. The number of aryl methyl sites for hydroxylation is 2. The van der Waals surface area contributed by atoms with Crippen LogP contribution in [0.15, 0.2) is 24.3 Å². The lowest BCUT2D eigenvalue weighted by molar-refractivity contribution is 0.103. The van der Waals surface area contributed by atoms with E-state index in [-0.39, 0.29) is 11.4 Å². The van der Waals surface area contributed by atoms with Crippen LogP contribution in [0, 0.1) is 5.82 Å². The van der Waals surface area contributed by atoms with E-state index in [0.717, 1.165) is 0 Å². The molecule has 2 rings (SSSR count). The Balaban J connectivity index is 2.56. The molecule has 0 unspecified atom stereocenters. The summed E-state index contributed by atoms with van der Waals surface area (Å²) in [4.78, 5) is 12.3. The van der Waals surface area contributed by atoms with E-state index >= 15 is 0 Å². The summed E-state index contributed by atoms with van der Waals surface area (Å²) >= 11 is 0. The molecule has 0 spiro atoms. The highest BCUT2D eigenvalue weighted by Crippen LogP contribution is 2.22. The first-order valence-electron chi connectivity index (χ1n) is 5.66. The van der Waals surface area contributed by atoms with E-state index in [9.17, 15) is 9.18 Å². The van der Waals surface area contributed by atoms with Crippen molar-refractivity contribution < 1.29 is 9.18 Å². The number of nitrogens with two attached hydrogens (primary N) is 1. The van der Waals surface area contributed by atoms with Crippen molar-refractivity contribution in [2.45, 2.75) is 13.3 Å². The SMILES string of the molecule is CCc1nn(C)c(N)c1C(=O)c1ccccc1F. The monoisotopic (exact) mass is 247 g/mol. The lowest BCUT2D eigenvalue weighted by Gasteiger charge is -2.03. The second kappa shape index (κ2) is 4.60. The number of ketones is 1. The Morgan fingerprint density at radius 2 is 2.11 bits per heavy atom. The minimum atomic E-state index is -0.548. The zero-order valence-electron chi connectivity index (χ0n) is 10.3. The smallest absolute Gasteiger partial charge is 0.201 e. The summed E-state index contributed by atoms with van der Waals surface area (Å²) < 4.78 is 15.0. The molecule has 5 heteroatoms. The van der Waals surface area contributed by atoms with Gasteiger partial charge >= 0.3 is 0 Å². The van der Waals surface area contributed by atoms with Crippen molar-refractivity contribution in [1.29, 1.82) is 0 Å². The van der Waals surface area contributed by atoms with E-state index in [0.29, 0.717) is 17.7 Å². The van der Waals surface area contributed by atoms with Crippen molar-refractivity contribution in [3.05, 3.63) is 46.9 Å². The van der Waals surface area contributed by atoms with Crippen molar-refractivity contribution in [1.82, 2.24) is 9.78 Å². The van der Waals surface area contributed by atoms with E-state index in [1.54, 1.807) is 19.2 Å². The Morgan fingerprint density at radius 3 is 2.72 bits per heavy atom. The number of carbonyl (C=O) groups is 1. The summed E-state index contributed by atoms with van der Waals surface area (Å²) in [5, 5.41) is 4.15. The minimum absolute atomic E-state index is 0.0203. The molecule has 1 heterocycles. The fraction of sp³-hybridized carbons (Fsp3) is 0.231. The van der Waals surface area contributed by atoms with Crippen LogP contribution in [0.5, 0.6) is 0 Å². The zero-order valence-corrected chi connectivity index (χ0v) is 10.3. The van der Waals surface area contributed by atoms with Crippen LogP contribution in [0.3, 0.4) is 0 Å². The summed E-state index contributed by atoms with van der Waals surface area (Å²) in [5.74, 6) is -0.705. The second-order valence-corrected chi connectivity index (χ2v) is 3.99. The van der Waals surface area contributed by atoms with E-state index in [2.05, 4.69) is 5.10 Å². The standard InChI is InChI=1S/C13H14FN3O/c1-3-10-11(13(15)17(2)16-10)12(18)8-6-4-5-7-9(8)14/h4-7H,3,15H2,1-2H3. The molecule has 0 aliphatic carbocycles. The van der Waals surface area contributed by atoms with Gasteiger partial charge in [-0.25, -0.2) is 4.39 Å². The summed E-state index contributed by atoms with van der Waals surface area (Å²) in [6.45, 7) is 1.87. The van der Waals surface area contributed by atoms with Gasteiger partial charge in [0, 0.05) is 7.05 Å². The van der Waals surface area contributed by atoms with Gasteiger partial charge in [0.2, 0.25) is 5.78 Å². The highest BCUT2D eigenvalue weighted by molar-refractivity contribution is 6.12. The number of nitrogens with zero attached hydrogens (tertiary/aromatic N) is 2. The molecule has 4 nitrogen and oxygen atoms in total. The number of carbonyl (C=O) groups excluding carboxylic acids is 1. The van der Waals surface area contributed by atoms with Crippen LogP contribution in [0.1, 0.15) is 28.5 Å². The van der Waals surface area contributed by atoms with Crippen molar-refractivity contribution in [3.8, 4) is 0 Å². The molecule has 0 radical (unpaired) electrons. The number of hydrogen-bond acceptors (Lipinski definition) is 3. The largest absolute Gasteiger partial charge is 0.383 e. The van der Waals surface area contributed by atoms with Gasteiger partial charge in [0.25, 0.3) is 0 Å². The number of hydrogen-bond donors (Lipinski definition) is 1. The van der Waals surface area contributed by atoms with E-state index < -0.39 is 11.6 Å². The molecule has 0 amide bonds. The normalized spacial score (nSPS) is 10.6. The molecule has 18 heavy (non-hydrogen) atoms. The average molecular weight is 247 g/mol. The maximum atomic E-state index is 13.6. The van der Waals surface area contributed by atoms with Gasteiger partial charge in [-0.15, -0.1) is 0 Å². The van der Waals surface area contributed by atoms with Crippen LogP contribution in [0.4, 0.5) is 10.2 Å². The Bertz CT molecular complexity index is 604. The van der Waals surface area contributed by atoms with Crippen LogP contribution in [-0.4, -0.2) is 15.6 Å². The van der Waals surface area contributed by atoms with Crippen molar-refractivity contribution in [2.75, 3.05) is 5.73 Å². The van der Waals surface area contributed by atoms with Gasteiger partial charge in [0.15, 0.2) is 0 Å². The molecule has 0 fully saturated rings. The number of nitrogen functional groups attached to an aromatic ring is 1. The van der Waals surface area contributed by atoms with Crippen molar-refractivity contribution >= 4 is 11.6 Å². The summed E-state index contributed by atoms with van der Waals surface area (Å²) in [5.41, 5.74) is 6.73. The molecule has 0 aliphatic heterocycles. The number of benzene rings is 1. The molecule has 0 atom stereocenters. The van der Waals surface area contributed by atoms with E-state index in [1.165, 1.54) is 16.8 Å². The van der Waals surface area contributed by atoms with Crippen LogP contribution in [0.2, 0.25) is 0 Å². The Morgan fingerprint density at radius 1 is 1.44 bits per heavy atom. The first-order valence-corrected chi connectivity index (χ1v) is 5.66. The van der Waals surface area contributed by atoms with E-state index in [4.69, 9.17) is 5.73 Å². The fourth-order valence-corrected chi connectivity index (χ4v) is 1.87. The summed E-state index contributed by atoms with van der Waals surface area (Å²) in [6, 6.07) is 5.86. The molecule has 0 saturated carbocycles. The van der Waals surface area contributed by atoms with Crippen LogP contribution in [0.25, 0.3) is 0 Å². The third kappa shape index (κ3) is 1.88. The van der Waals surface area contributed by atoms with Crippen LogP contribution in [-0.2, 0) is 13.5 Å². The first kappa shape index (κ1) is 12.3. The predicted octanol–water partition coefficient (Wildman–Crippen LogP) is 1.93. The van der Waals surface area contributed by atoms with Crippen LogP contribution >= 0.6 is 0 Å². The summed E-state index contributed by atoms with van der Waals surface area (Å²) in [7, 11) is 1.66. The number of anilines is 1. The second-order valence-electron chi connectivity index (χ2n) is 3.99. The van der Waals surface area contributed by atoms with Crippen molar-refractivity contribution in [2.24, 2.45) is 7.05 Å². The maximum Gasteiger partial charge on any atom is 0.201 e. The minimum Gasteiger partial charge on any atom is -0.383 e. The molecule has 1 aromatic heterocycles. The van der Waals surface area contributed by atoms with Crippen molar-refractivity contribution in [3.63, 3.8) is 0 Å². The molecule has 0 aliphatic rings. The van der Waals surface area contributed by atoms with Gasteiger partial charge < -0.3 is 5.73 Å². The highest BCUT2D eigenvalue weighted by Gasteiger charge is 2.22. The lowest BCUT2D eigenvalue weighted by Crippen LogP contribution is -2.09. The molecule has 2 N–H and O–H groups in total. The average Bonchev–Trinajstić information content (AvgIpc) is 2.65. The molecule has 0 saturated heterocycles. The predicted molar refractivity (Wildman–Crippen MR) is 66.8 cm³/mol. The quantitative estimate of drug-likeness (QED) is 0.843. The van der Waals surface area contributed by atoms with Gasteiger partial charge in [-0.05, 0) is 18.6 Å². The highest BCUT2D eigenvalue weighted by atomic mass is 19.1. The van der Waals surface area contributed by atoms with E-state index in [1.807, 2.05) is 6.92 Å². The maximum absolute atomic E-state index is 13.6. The molecule has 94 valence electrons. The number of aromatic nitrogens is 2. The Kier molecular flexibility index (Phi) is 3.14. The Labute approximate surface area is 104 Å². The van der Waals surface area contributed by atoms with Gasteiger partial charge in [0.05, 0.1) is 16.8 Å². The molecule has 0 bridgehead atoms. The third-order valence-corrected chi connectivity index (χ3v) is 2.84.